The standard InChI is InChI=1S/C25H36N4O3S/c1-20(2)22-9-7-21(8-10-22)18-27-13-15-28(16-14-27)25(30)24-17-23(19-26(24)3)33(31,32)29-11-5-4-6-12-29/h7-10,17,19-20H,4-6,11-16,18H2,1-3H3. The number of aryl methyl sites for hydroxylation is 1. The molecule has 0 bridgehead atoms. The maximum Gasteiger partial charge on any atom is 0.270 e. The molecule has 1 aromatic carbocycles. The fourth-order valence-electron chi connectivity index (χ4n) is 4.68. The van der Waals surface area contributed by atoms with Crippen molar-refractivity contribution in [3.63, 3.8) is 0 Å². The van der Waals surface area contributed by atoms with E-state index in [1.807, 2.05) is 4.90 Å². The van der Waals surface area contributed by atoms with Crippen LogP contribution in [0.1, 0.15) is 60.6 Å². The summed E-state index contributed by atoms with van der Waals surface area (Å²) in [5.41, 5.74) is 3.07. The highest BCUT2D eigenvalue weighted by Crippen LogP contribution is 2.23. The summed E-state index contributed by atoms with van der Waals surface area (Å²) in [6.07, 6.45) is 4.43. The number of hydrogen-bond acceptors (Lipinski definition) is 4. The third-order valence-corrected chi connectivity index (χ3v) is 8.73. The molecule has 0 aliphatic carbocycles. The second-order valence-electron chi connectivity index (χ2n) is 9.60. The molecule has 2 aromatic rings. The molecular weight excluding hydrogens is 436 g/mol. The minimum atomic E-state index is -3.55. The van der Waals surface area contributed by atoms with Crippen LogP contribution in [0.15, 0.2) is 41.4 Å². The Morgan fingerprint density at radius 1 is 0.939 bits per heavy atom. The first-order chi connectivity index (χ1) is 15.8. The van der Waals surface area contributed by atoms with Crippen LogP contribution in [0, 0.1) is 0 Å². The Labute approximate surface area is 198 Å². The predicted octanol–water partition coefficient (Wildman–Crippen LogP) is 3.28. The molecule has 1 amide bonds. The topological polar surface area (TPSA) is 65.9 Å². The SMILES string of the molecule is CC(C)c1ccc(CN2CCN(C(=O)c3cc(S(=O)(=O)N4CCCCC4)cn3C)CC2)cc1. The summed E-state index contributed by atoms with van der Waals surface area (Å²) in [4.78, 5) is 17.6. The summed E-state index contributed by atoms with van der Waals surface area (Å²) in [7, 11) is -1.80. The molecule has 1 aromatic heterocycles. The van der Waals surface area contributed by atoms with Gasteiger partial charge < -0.3 is 9.47 Å². The lowest BCUT2D eigenvalue weighted by molar-refractivity contribution is 0.0619. The minimum Gasteiger partial charge on any atom is -0.345 e. The number of amides is 1. The Morgan fingerprint density at radius 3 is 2.18 bits per heavy atom. The van der Waals surface area contributed by atoms with Gasteiger partial charge in [0, 0.05) is 59.1 Å². The van der Waals surface area contributed by atoms with Gasteiger partial charge in [0.25, 0.3) is 5.91 Å². The molecule has 0 radical (unpaired) electrons. The molecule has 33 heavy (non-hydrogen) atoms. The number of hydrogen-bond donors (Lipinski definition) is 0. The first-order valence-electron chi connectivity index (χ1n) is 12.0. The van der Waals surface area contributed by atoms with Crippen molar-refractivity contribution in [2.45, 2.75) is 50.5 Å². The summed E-state index contributed by atoms with van der Waals surface area (Å²) in [6, 6.07) is 10.3. The molecule has 180 valence electrons. The quantitative estimate of drug-likeness (QED) is 0.647. The Balaban J connectivity index is 1.37. The highest BCUT2D eigenvalue weighted by atomic mass is 32.2. The van der Waals surface area contributed by atoms with Crippen molar-refractivity contribution in [1.29, 1.82) is 0 Å². The van der Waals surface area contributed by atoms with Crippen molar-refractivity contribution in [2.24, 2.45) is 7.05 Å². The van der Waals surface area contributed by atoms with Crippen molar-refractivity contribution in [1.82, 2.24) is 18.7 Å². The number of aromatic nitrogens is 1. The average molecular weight is 473 g/mol. The molecule has 0 atom stereocenters. The van der Waals surface area contributed by atoms with Crippen LogP contribution in [0.4, 0.5) is 0 Å². The molecule has 0 unspecified atom stereocenters. The fourth-order valence-corrected chi connectivity index (χ4v) is 6.27. The van der Waals surface area contributed by atoms with E-state index in [0.717, 1.165) is 38.9 Å². The molecule has 2 saturated heterocycles. The third-order valence-electron chi connectivity index (χ3n) is 6.86. The molecule has 0 N–H and O–H groups in total. The van der Waals surface area contributed by atoms with Gasteiger partial charge >= 0.3 is 0 Å². The molecule has 0 spiro atoms. The summed E-state index contributed by atoms with van der Waals surface area (Å²) in [5, 5.41) is 0. The molecular formula is C25H36N4O3S. The molecule has 4 rings (SSSR count). The summed E-state index contributed by atoms with van der Waals surface area (Å²) < 4.78 is 29.2. The lowest BCUT2D eigenvalue weighted by atomic mass is 10.0. The summed E-state index contributed by atoms with van der Waals surface area (Å²) >= 11 is 0. The zero-order valence-corrected chi connectivity index (χ0v) is 20.9. The molecule has 8 heteroatoms. The van der Waals surface area contributed by atoms with Gasteiger partial charge in [-0.2, -0.15) is 4.31 Å². The van der Waals surface area contributed by atoms with Gasteiger partial charge in [-0.05, 0) is 36.0 Å². The Hall–Kier alpha value is -2.16. The van der Waals surface area contributed by atoms with Crippen LogP contribution in [0.5, 0.6) is 0 Å². The van der Waals surface area contributed by atoms with Gasteiger partial charge in [-0.15, -0.1) is 0 Å². The zero-order valence-electron chi connectivity index (χ0n) is 20.0. The number of sulfonamides is 1. The van der Waals surface area contributed by atoms with Gasteiger partial charge in [0.2, 0.25) is 10.0 Å². The van der Waals surface area contributed by atoms with Crippen LogP contribution in [-0.4, -0.2) is 72.3 Å². The van der Waals surface area contributed by atoms with Crippen molar-refractivity contribution >= 4 is 15.9 Å². The van der Waals surface area contributed by atoms with E-state index < -0.39 is 10.0 Å². The number of nitrogens with zero attached hydrogens (tertiary/aromatic N) is 4. The smallest absolute Gasteiger partial charge is 0.270 e. The van der Waals surface area contributed by atoms with E-state index in [1.54, 1.807) is 28.2 Å². The van der Waals surface area contributed by atoms with Gasteiger partial charge in [0.1, 0.15) is 10.6 Å². The third kappa shape index (κ3) is 5.34. The number of piperidine rings is 1. The van der Waals surface area contributed by atoms with E-state index in [2.05, 4.69) is 43.0 Å². The number of rotatable bonds is 6. The van der Waals surface area contributed by atoms with E-state index in [9.17, 15) is 13.2 Å². The predicted molar refractivity (Wildman–Crippen MR) is 130 cm³/mol. The lowest BCUT2D eigenvalue weighted by Crippen LogP contribution is -2.48. The second kappa shape index (κ2) is 9.99. The van der Waals surface area contributed by atoms with E-state index in [0.29, 0.717) is 37.8 Å². The van der Waals surface area contributed by atoms with Crippen LogP contribution in [0.25, 0.3) is 0 Å². The number of carbonyl (C=O) groups excluding carboxylic acids is 1. The van der Waals surface area contributed by atoms with Crippen molar-refractivity contribution < 1.29 is 13.2 Å². The first kappa shape index (κ1) is 24.0. The Bertz CT molecular complexity index is 1060. The van der Waals surface area contributed by atoms with Gasteiger partial charge in [0.15, 0.2) is 0 Å². The first-order valence-corrected chi connectivity index (χ1v) is 13.5. The molecule has 3 heterocycles. The fraction of sp³-hybridized carbons (Fsp3) is 0.560. The maximum absolute atomic E-state index is 13.2. The second-order valence-corrected chi connectivity index (χ2v) is 11.5. The highest BCUT2D eigenvalue weighted by Gasteiger charge is 2.30. The Morgan fingerprint density at radius 2 is 1.58 bits per heavy atom. The van der Waals surface area contributed by atoms with Crippen LogP contribution in [0.2, 0.25) is 0 Å². The lowest BCUT2D eigenvalue weighted by Gasteiger charge is -2.34. The summed E-state index contributed by atoms with van der Waals surface area (Å²) in [5.74, 6) is 0.431. The zero-order chi connectivity index (χ0) is 23.6. The van der Waals surface area contributed by atoms with Crippen LogP contribution in [-0.2, 0) is 23.6 Å². The molecule has 0 saturated carbocycles. The average Bonchev–Trinajstić information content (AvgIpc) is 3.22. The Kier molecular flexibility index (Phi) is 7.26. The van der Waals surface area contributed by atoms with Crippen molar-refractivity contribution in [3.8, 4) is 0 Å². The maximum atomic E-state index is 13.2. The van der Waals surface area contributed by atoms with Crippen molar-refractivity contribution in [3.05, 3.63) is 53.3 Å². The molecule has 7 nitrogen and oxygen atoms in total. The van der Waals surface area contributed by atoms with Gasteiger partial charge in [-0.1, -0.05) is 44.5 Å². The van der Waals surface area contributed by atoms with Gasteiger partial charge in [-0.3, -0.25) is 9.69 Å². The minimum absolute atomic E-state index is 0.0986. The molecule has 2 fully saturated rings. The van der Waals surface area contributed by atoms with E-state index >= 15 is 0 Å². The monoisotopic (exact) mass is 472 g/mol. The van der Waals surface area contributed by atoms with Crippen LogP contribution in [0.3, 0.4) is 0 Å². The highest BCUT2D eigenvalue weighted by molar-refractivity contribution is 7.89. The number of benzene rings is 1. The largest absolute Gasteiger partial charge is 0.345 e. The van der Waals surface area contributed by atoms with Crippen molar-refractivity contribution in [2.75, 3.05) is 39.3 Å². The van der Waals surface area contributed by atoms with Crippen LogP contribution >= 0.6 is 0 Å². The van der Waals surface area contributed by atoms with E-state index in [-0.39, 0.29) is 10.8 Å². The van der Waals surface area contributed by atoms with Gasteiger partial charge in [-0.25, -0.2) is 8.42 Å². The summed E-state index contributed by atoms with van der Waals surface area (Å²) in [6.45, 7) is 9.29. The van der Waals surface area contributed by atoms with Crippen LogP contribution < -0.4 is 0 Å². The van der Waals surface area contributed by atoms with Gasteiger partial charge in [0.05, 0.1) is 0 Å². The van der Waals surface area contributed by atoms with E-state index in [1.165, 1.54) is 11.1 Å². The normalized spacial score (nSPS) is 18.7. The molecule has 2 aliphatic rings. The molecule has 2 aliphatic heterocycles. The number of carbonyl (C=O) groups is 1. The number of piperazine rings is 1. The van der Waals surface area contributed by atoms with E-state index in [4.69, 9.17) is 0 Å².